The third-order valence-corrected chi connectivity index (χ3v) is 8.62. The van der Waals surface area contributed by atoms with E-state index in [9.17, 15) is 22.0 Å². The number of hydrogen-bond acceptors (Lipinski definition) is 6. The first kappa shape index (κ1) is 25.2. The Bertz CT molecular complexity index is 1210. The van der Waals surface area contributed by atoms with Crippen molar-refractivity contribution in [3.63, 3.8) is 0 Å². The van der Waals surface area contributed by atoms with Gasteiger partial charge in [0.25, 0.3) is 5.91 Å². The van der Waals surface area contributed by atoms with Gasteiger partial charge in [0.15, 0.2) is 6.61 Å². The molecule has 0 aliphatic carbocycles. The standard InChI is InChI=1S/C22H22F2N2O4S3/c1-4-15-9-14(10-19(24)21(15)26-33(3,28)29)12-25-20(27)13-30-16-5-6-17(18(23)11-16)22(2)31-7-8-32-22/h1,5-6,9-11,26H,7-8,12-13H2,2-3H3,(H,25,27). The van der Waals surface area contributed by atoms with Gasteiger partial charge in [-0.2, -0.15) is 0 Å². The molecular formula is C22H22F2N2O4S3. The zero-order chi connectivity index (χ0) is 24.2. The third-order valence-electron chi connectivity index (χ3n) is 4.72. The van der Waals surface area contributed by atoms with Gasteiger partial charge < -0.3 is 10.1 Å². The number of nitrogens with one attached hydrogen (secondary N) is 2. The highest BCUT2D eigenvalue weighted by Gasteiger charge is 2.34. The monoisotopic (exact) mass is 512 g/mol. The van der Waals surface area contributed by atoms with E-state index in [-0.39, 0.29) is 34.2 Å². The Hall–Kier alpha value is -2.42. The molecule has 11 heteroatoms. The van der Waals surface area contributed by atoms with E-state index in [1.807, 2.05) is 11.6 Å². The maximum Gasteiger partial charge on any atom is 0.258 e. The Balaban J connectivity index is 1.58. The molecule has 1 aliphatic heterocycles. The fourth-order valence-electron chi connectivity index (χ4n) is 3.19. The van der Waals surface area contributed by atoms with Crippen LogP contribution in [0.15, 0.2) is 30.3 Å². The molecule has 3 rings (SSSR count). The van der Waals surface area contributed by atoms with Gasteiger partial charge in [0.1, 0.15) is 17.4 Å². The van der Waals surface area contributed by atoms with Crippen LogP contribution in [0, 0.1) is 24.0 Å². The molecule has 1 saturated heterocycles. The number of halogens is 2. The summed E-state index contributed by atoms with van der Waals surface area (Å²) >= 11 is 3.39. The number of hydrogen-bond donors (Lipinski definition) is 2. The second-order valence-electron chi connectivity index (χ2n) is 7.37. The molecule has 2 N–H and O–H groups in total. The lowest BCUT2D eigenvalue weighted by molar-refractivity contribution is -0.123. The van der Waals surface area contributed by atoms with E-state index in [0.717, 1.165) is 23.8 Å². The average molecular weight is 513 g/mol. The Morgan fingerprint density at radius 3 is 2.52 bits per heavy atom. The van der Waals surface area contributed by atoms with Crippen LogP contribution in [0.25, 0.3) is 0 Å². The van der Waals surface area contributed by atoms with Crippen molar-refractivity contribution in [2.24, 2.45) is 0 Å². The predicted molar refractivity (Wildman–Crippen MR) is 129 cm³/mol. The van der Waals surface area contributed by atoms with E-state index >= 15 is 0 Å². The highest BCUT2D eigenvalue weighted by Crippen LogP contribution is 2.52. The van der Waals surface area contributed by atoms with Crippen molar-refractivity contribution in [3.8, 4) is 18.1 Å². The van der Waals surface area contributed by atoms with Crippen molar-refractivity contribution >= 4 is 45.1 Å². The number of sulfonamides is 1. The highest BCUT2D eigenvalue weighted by molar-refractivity contribution is 8.20. The molecule has 2 aromatic rings. The summed E-state index contributed by atoms with van der Waals surface area (Å²) in [7, 11) is -3.72. The number of carbonyl (C=O) groups is 1. The van der Waals surface area contributed by atoms with Crippen LogP contribution in [0.5, 0.6) is 5.75 Å². The van der Waals surface area contributed by atoms with Crippen molar-refractivity contribution < 1.29 is 26.7 Å². The van der Waals surface area contributed by atoms with E-state index in [2.05, 4.69) is 11.2 Å². The quantitative estimate of drug-likeness (QED) is 0.525. The second kappa shape index (κ2) is 10.2. The molecule has 2 aromatic carbocycles. The smallest absolute Gasteiger partial charge is 0.258 e. The summed E-state index contributed by atoms with van der Waals surface area (Å²) in [5.41, 5.74) is 0.603. The van der Waals surface area contributed by atoms with Gasteiger partial charge in [0, 0.05) is 29.7 Å². The van der Waals surface area contributed by atoms with Gasteiger partial charge in [-0.25, -0.2) is 17.2 Å². The highest BCUT2D eigenvalue weighted by atomic mass is 32.2. The Kier molecular flexibility index (Phi) is 7.82. The van der Waals surface area contributed by atoms with Crippen molar-refractivity contribution in [1.82, 2.24) is 5.32 Å². The number of rotatable bonds is 8. The lowest BCUT2D eigenvalue weighted by atomic mass is 10.1. The molecule has 1 fully saturated rings. The molecule has 1 amide bonds. The third kappa shape index (κ3) is 6.56. The molecular weight excluding hydrogens is 490 g/mol. The van der Waals surface area contributed by atoms with Gasteiger partial charge in [0.05, 0.1) is 21.6 Å². The molecule has 0 aromatic heterocycles. The molecule has 33 heavy (non-hydrogen) atoms. The average Bonchev–Trinajstić information content (AvgIpc) is 3.18. The molecule has 1 heterocycles. The minimum absolute atomic E-state index is 0.00349. The van der Waals surface area contributed by atoms with Crippen LogP contribution >= 0.6 is 23.5 Å². The minimum atomic E-state index is -3.72. The van der Waals surface area contributed by atoms with Gasteiger partial charge in [-0.1, -0.05) is 12.0 Å². The molecule has 0 bridgehead atoms. The fourth-order valence-corrected chi connectivity index (χ4v) is 6.69. The summed E-state index contributed by atoms with van der Waals surface area (Å²) in [5, 5.41) is 2.55. The fraction of sp³-hybridized carbons (Fsp3) is 0.318. The minimum Gasteiger partial charge on any atom is -0.484 e. The molecule has 0 spiro atoms. The number of terminal acetylenes is 1. The number of benzene rings is 2. The van der Waals surface area contributed by atoms with Crippen molar-refractivity contribution in [1.29, 1.82) is 0 Å². The van der Waals surface area contributed by atoms with Gasteiger partial charge in [-0.05, 0) is 30.7 Å². The summed E-state index contributed by atoms with van der Waals surface area (Å²) in [4.78, 5) is 12.1. The van der Waals surface area contributed by atoms with Crippen LogP contribution in [0.3, 0.4) is 0 Å². The summed E-state index contributed by atoms with van der Waals surface area (Å²) in [6.45, 7) is 1.56. The van der Waals surface area contributed by atoms with Crippen LogP contribution in [0.1, 0.15) is 23.6 Å². The normalized spacial score (nSPS) is 15.0. The Morgan fingerprint density at radius 1 is 1.21 bits per heavy atom. The summed E-state index contributed by atoms with van der Waals surface area (Å²) in [6, 6.07) is 7.02. The summed E-state index contributed by atoms with van der Waals surface area (Å²) < 4.78 is 58.8. The number of ether oxygens (including phenoxy) is 1. The number of carbonyl (C=O) groups excluding carboxylic acids is 1. The van der Waals surface area contributed by atoms with Gasteiger partial charge in [0.2, 0.25) is 10.0 Å². The summed E-state index contributed by atoms with van der Waals surface area (Å²) in [5.74, 6) is 2.61. The molecule has 6 nitrogen and oxygen atoms in total. The molecule has 0 saturated carbocycles. The SMILES string of the molecule is C#Cc1cc(CNC(=O)COc2ccc(C3(C)SCCS3)c(F)c2)cc(F)c1NS(C)(=O)=O. The van der Waals surface area contributed by atoms with Crippen LogP contribution in [0.4, 0.5) is 14.5 Å². The molecule has 0 radical (unpaired) electrons. The van der Waals surface area contributed by atoms with E-state index in [1.54, 1.807) is 35.7 Å². The van der Waals surface area contributed by atoms with Crippen molar-refractivity contribution in [2.75, 3.05) is 29.1 Å². The maximum absolute atomic E-state index is 14.6. The van der Waals surface area contributed by atoms with Gasteiger partial charge in [-0.3, -0.25) is 9.52 Å². The van der Waals surface area contributed by atoms with E-state index in [1.165, 1.54) is 12.1 Å². The van der Waals surface area contributed by atoms with Gasteiger partial charge in [-0.15, -0.1) is 29.9 Å². The lowest BCUT2D eigenvalue weighted by Crippen LogP contribution is -2.28. The lowest BCUT2D eigenvalue weighted by Gasteiger charge is -2.23. The van der Waals surface area contributed by atoms with Crippen molar-refractivity contribution in [3.05, 3.63) is 58.7 Å². The molecule has 0 atom stereocenters. The zero-order valence-corrected chi connectivity index (χ0v) is 20.4. The first-order chi connectivity index (χ1) is 15.5. The van der Waals surface area contributed by atoms with E-state index < -0.39 is 27.6 Å². The Labute approximate surface area is 200 Å². The zero-order valence-electron chi connectivity index (χ0n) is 17.9. The summed E-state index contributed by atoms with van der Waals surface area (Å²) in [6.07, 6.45) is 6.24. The number of amides is 1. The second-order valence-corrected chi connectivity index (χ2v) is 12.4. The van der Waals surface area contributed by atoms with E-state index in [4.69, 9.17) is 11.2 Å². The topological polar surface area (TPSA) is 84.5 Å². The van der Waals surface area contributed by atoms with Crippen LogP contribution in [0.2, 0.25) is 0 Å². The molecule has 176 valence electrons. The first-order valence-corrected chi connectivity index (χ1v) is 13.6. The predicted octanol–water partition coefficient (Wildman–Crippen LogP) is 3.67. The van der Waals surface area contributed by atoms with Crippen molar-refractivity contribution in [2.45, 2.75) is 17.5 Å². The van der Waals surface area contributed by atoms with Crippen LogP contribution in [-0.2, 0) is 25.4 Å². The first-order valence-electron chi connectivity index (χ1n) is 9.75. The molecule has 1 aliphatic rings. The number of anilines is 1. The largest absolute Gasteiger partial charge is 0.484 e. The maximum atomic E-state index is 14.6. The number of thioether (sulfide) groups is 2. The Morgan fingerprint density at radius 2 is 1.91 bits per heavy atom. The van der Waals surface area contributed by atoms with Crippen LogP contribution in [-0.4, -0.2) is 38.7 Å². The molecule has 0 unspecified atom stereocenters. The van der Waals surface area contributed by atoms with E-state index in [0.29, 0.717) is 11.1 Å². The van der Waals surface area contributed by atoms with Gasteiger partial charge >= 0.3 is 0 Å². The van der Waals surface area contributed by atoms with Crippen LogP contribution < -0.4 is 14.8 Å².